The Kier molecular flexibility index (Phi) is 6.09. The smallest absolute Gasteiger partial charge is 0.325 e. The number of halogens is 1. The molecule has 2 N–H and O–H groups in total. The normalized spacial score (nSPS) is 10.9. The van der Waals surface area contributed by atoms with E-state index in [-0.39, 0.29) is 23.3 Å². The Morgan fingerprint density at radius 1 is 1.11 bits per heavy atom. The van der Waals surface area contributed by atoms with Crippen molar-refractivity contribution in [2.75, 3.05) is 0 Å². The van der Waals surface area contributed by atoms with E-state index in [2.05, 4.69) is 19.9 Å². The van der Waals surface area contributed by atoms with Gasteiger partial charge >= 0.3 is 5.69 Å². The third kappa shape index (κ3) is 4.62. The molecule has 1 aromatic carbocycles. The highest BCUT2D eigenvalue weighted by atomic mass is 35.5. The van der Waals surface area contributed by atoms with Gasteiger partial charge in [-0.25, -0.2) is 9.78 Å². The van der Waals surface area contributed by atoms with Gasteiger partial charge in [-0.05, 0) is 48.9 Å². The molecule has 4 heterocycles. The maximum absolute atomic E-state index is 13.6. The van der Waals surface area contributed by atoms with Crippen LogP contribution in [0, 0.1) is 6.92 Å². The van der Waals surface area contributed by atoms with E-state index in [0.29, 0.717) is 39.0 Å². The van der Waals surface area contributed by atoms with Gasteiger partial charge in [-0.2, -0.15) is 0 Å². The van der Waals surface area contributed by atoms with Crippen LogP contribution < -0.4 is 21.5 Å². The Morgan fingerprint density at radius 2 is 1.97 bits per heavy atom. The van der Waals surface area contributed by atoms with Crippen LogP contribution in [-0.4, -0.2) is 24.5 Å². The van der Waals surface area contributed by atoms with Crippen molar-refractivity contribution in [3.63, 3.8) is 0 Å². The number of hydrogen-bond donors (Lipinski definition) is 2. The average Bonchev–Trinajstić information content (AvgIpc) is 3.28. The maximum atomic E-state index is 13.6. The van der Waals surface area contributed by atoms with Crippen LogP contribution in [0.25, 0.3) is 27.9 Å². The first-order valence-electron chi connectivity index (χ1n) is 10.7. The lowest BCUT2D eigenvalue weighted by Gasteiger charge is -2.13. The zero-order chi connectivity index (χ0) is 25.2. The van der Waals surface area contributed by atoms with Gasteiger partial charge in [0.05, 0.1) is 23.1 Å². The summed E-state index contributed by atoms with van der Waals surface area (Å²) in [6, 6.07) is 9.88. The summed E-state index contributed by atoms with van der Waals surface area (Å²) in [6.07, 6.45) is 7.26. The summed E-state index contributed by atoms with van der Waals surface area (Å²) < 4.78 is 12.5. The molecule has 36 heavy (non-hydrogen) atoms. The maximum Gasteiger partial charge on any atom is 0.325 e. The van der Waals surface area contributed by atoms with Crippen molar-refractivity contribution >= 4 is 11.6 Å². The standard InChI is InChI=1S/C25H18ClN5O5/c1-14-22(36-13-29-14)12-35-19-6-15(5-17(26)8-19)20-7-16(21-10-28-25(34)30-23(21)32)11-31(24(20)33)18-3-2-4-27-9-18/h2-11,13H,12H2,1H3,(H2,28,30,32,34). The number of rotatable bonds is 6. The number of hydrogen-bond acceptors (Lipinski definition) is 7. The monoisotopic (exact) mass is 503 g/mol. The molecule has 0 unspecified atom stereocenters. The molecule has 4 aromatic heterocycles. The average molecular weight is 504 g/mol. The Bertz CT molecular complexity index is 1740. The second-order valence-corrected chi connectivity index (χ2v) is 8.28. The highest BCUT2D eigenvalue weighted by molar-refractivity contribution is 6.31. The van der Waals surface area contributed by atoms with Crippen molar-refractivity contribution < 1.29 is 9.15 Å². The summed E-state index contributed by atoms with van der Waals surface area (Å²) >= 11 is 6.37. The van der Waals surface area contributed by atoms with E-state index in [1.165, 1.54) is 29.6 Å². The van der Waals surface area contributed by atoms with Gasteiger partial charge in [0.25, 0.3) is 11.1 Å². The fourth-order valence-electron chi connectivity index (χ4n) is 3.66. The van der Waals surface area contributed by atoms with Crippen LogP contribution >= 0.6 is 11.6 Å². The molecule has 0 aliphatic rings. The van der Waals surface area contributed by atoms with Crippen LogP contribution in [0.15, 0.2) is 86.4 Å². The summed E-state index contributed by atoms with van der Waals surface area (Å²) in [5.74, 6) is 0.975. The Labute approximate surface area is 207 Å². The second-order valence-electron chi connectivity index (χ2n) is 7.84. The lowest BCUT2D eigenvalue weighted by molar-refractivity contribution is 0.269. The van der Waals surface area contributed by atoms with E-state index >= 15 is 0 Å². The molecule has 10 nitrogen and oxygen atoms in total. The van der Waals surface area contributed by atoms with E-state index in [1.807, 2.05) is 0 Å². The van der Waals surface area contributed by atoms with Crippen molar-refractivity contribution in [1.29, 1.82) is 0 Å². The number of aromatic nitrogens is 5. The van der Waals surface area contributed by atoms with E-state index in [9.17, 15) is 14.4 Å². The Balaban J connectivity index is 1.66. The summed E-state index contributed by atoms with van der Waals surface area (Å²) in [5, 5.41) is 0.344. The zero-order valence-corrected chi connectivity index (χ0v) is 19.6. The first kappa shape index (κ1) is 23.1. The number of benzene rings is 1. The number of aromatic amines is 2. The van der Waals surface area contributed by atoms with E-state index in [4.69, 9.17) is 20.8 Å². The number of nitrogens with one attached hydrogen (secondary N) is 2. The molecule has 0 saturated heterocycles. The molecule has 0 atom stereocenters. The third-order valence-corrected chi connectivity index (χ3v) is 5.69. The van der Waals surface area contributed by atoms with Crippen molar-refractivity contribution in [2.24, 2.45) is 0 Å². The van der Waals surface area contributed by atoms with Gasteiger partial charge in [0.1, 0.15) is 12.4 Å². The number of pyridine rings is 2. The summed E-state index contributed by atoms with van der Waals surface area (Å²) in [5.41, 5.74) is 0.885. The molecule has 0 fully saturated rings. The molecule has 5 rings (SSSR count). The SMILES string of the molecule is Cc1ncoc1COc1cc(Cl)cc(-c2cc(-c3c[nH]c(=O)[nH]c3=O)cn(-c3cccnc3)c2=O)c1. The number of oxazole rings is 1. The molecular formula is C25H18ClN5O5. The Hall–Kier alpha value is -4.70. The second kappa shape index (κ2) is 9.51. The molecule has 11 heteroatoms. The van der Waals surface area contributed by atoms with Gasteiger partial charge in [0, 0.05) is 34.7 Å². The molecule has 0 bridgehead atoms. The van der Waals surface area contributed by atoms with E-state index in [1.54, 1.807) is 49.5 Å². The van der Waals surface area contributed by atoms with Gasteiger partial charge in [0.2, 0.25) is 0 Å². The van der Waals surface area contributed by atoms with Gasteiger partial charge < -0.3 is 14.1 Å². The number of aryl methyl sites for hydroxylation is 1. The minimum Gasteiger partial charge on any atom is -0.486 e. The van der Waals surface area contributed by atoms with Gasteiger partial charge in [0.15, 0.2) is 12.2 Å². The van der Waals surface area contributed by atoms with Gasteiger partial charge in [-0.15, -0.1) is 0 Å². The molecular weight excluding hydrogens is 486 g/mol. The highest BCUT2D eigenvalue weighted by Gasteiger charge is 2.16. The van der Waals surface area contributed by atoms with Crippen molar-refractivity contribution in [3.05, 3.63) is 115 Å². The molecule has 0 aliphatic heterocycles. The fourth-order valence-corrected chi connectivity index (χ4v) is 3.89. The minimum atomic E-state index is -0.636. The third-order valence-electron chi connectivity index (χ3n) is 5.47. The summed E-state index contributed by atoms with van der Waals surface area (Å²) in [7, 11) is 0. The quantitative estimate of drug-likeness (QED) is 0.362. The number of ether oxygens (including phenoxy) is 1. The predicted molar refractivity (Wildman–Crippen MR) is 133 cm³/mol. The molecule has 0 spiro atoms. The van der Waals surface area contributed by atoms with Crippen LogP contribution in [0.4, 0.5) is 0 Å². The van der Waals surface area contributed by atoms with Crippen LogP contribution in [0.5, 0.6) is 5.75 Å². The molecule has 0 amide bonds. The van der Waals surface area contributed by atoms with Gasteiger partial charge in [-0.1, -0.05) is 11.6 Å². The predicted octanol–water partition coefficient (Wildman–Crippen LogP) is 3.47. The first-order chi connectivity index (χ1) is 17.4. The molecule has 0 aliphatic carbocycles. The lowest BCUT2D eigenvalue weighted by Crippen LogP contribution is -2.24. The van der Waals surface area contributed by atoms with Crippen LogP contribution in [0.3, 0.4) is 0 Å². The summed E-state index contributed by atoms with van der Waals surface area (Å²) in [4.78, 5) is 50.4. The van der Waals surface area contributed by atoms with Crippen molar-refractivity contribution in [2.45, 2.75) is 13.5 Å². The fraction of sp³-hybridized carbons (Fsp3) is 0.0800. The van der Waals surface area contributed by atoms with Crippen molar-refractivity contribution in [3.8, 4) is 33.7 Å². The van der Waals surface area contributed by atoms with E-state index < -0.39 is 11.2 Å². The van der Waals surface area contributed by atoms with Crippen molar-refractivity contribution in [1.82, 2.24) is 24.5 Å². The van der Waals surface area contributed by atoms with Crippen LogP contribution in [0.1, 0.15) is 11.5 Å². The topological polar surface area (TPSA) is 136 Å². The van der Waals surface area contributed by atoms with E-state index in [0.717, 1.165) is 0 Å². The first-order valence-corrected chi connectivity index (χ1v) is 11.1. The largest absolute Gasteiger partial charge is 0.486 e. The van der Waals surface area contributed by atoms with Crippen LogP contribution in [-0.2, 0) is 6.61 Å². The Morgan fingerprint density at radius 3 is 2.69 bits per heavy atom. The lowest BCUT2D eigenvalue weighted by atomic mass is 10.0. The molecule has 5 aromatic rings. The molecule has 0 saturated carbocycles. The highest BCUT2D eigenvalue weighted by Crippen LogP contribution is 2.30. The summed E-state index contributed by atoms with van der Waals surface area (Å²) in [6.45, 7) is 1.93. The molecule has 0 radical (unpaired) electrons. The minimum absolute atomic E-state index is 0.123. The van der Waals surface area contributed by atoms with Crippen LogP contribution in [0.2, 0.25) is 5.02 Å². The number of nitrogens with zero attached hydrogens (tertiary/aromatic N) is 3. The number of H-pyrrole nitrogens is 2. The van der Waals surface area contributed by atoms with Gasteiger partial charge in [-0.3, -0.25) is 24.1 Å². The zero-order valence-electron chi connectivity index (χ0n) is 18.8. The molecule has 180 valence electrons.